The molecule has 1 saturated heterocycles. The van der Waals surface area contributed by atoms with Crippen LogP contribution in [-0.4, -0.2) is 64.7 Å². The minimum atomic E-state index is -0.817. The Bertz CT molecular complexity index is 1250. The van der Waals surface area contributed by atoms with E-state index in [1.165, 1.54) is 29.5 Å². The summed E-state index contributed by atoms with van der Waals surface area (Å²) in [5, 5.41) is 12.6. The Hall–Kier alpha value is -2.63. The van der Waals surface area contributed by atoms with E-state index in [0.717, 1.165) is 49.6 Å². The molecule has 5 nitrogen and oxygen atoms in total. The standard InChI is InChI=1S/C31H36N2O3/c1-20-5-3-6-21(17-20)11-12-27(34)32(2)24-13-14-31(35)26-18-23-7-4-8-25-28(23)30(31,29(24)36-25)15-16-33(26)19-22-9-10-22/h3-8,11-12,17,22,24,26,29,35H,9-10,13-16,18-19H2,1-2H3/t24-,26-,29+,30+,31-/m1/s1. The van der Waals surface area contributed by atoms with Crippen molar-refractivity contribution in [2.45, 2.75) is 74.7 Å². The summed E-state index contributed by atoms with van der Waals surface area (Å²) < 4.78 is 6.74. The van der Waals surface area contributed by atoms with Gasteiger partial charge in [0.25, 0.3) is 0 Å². The second-order valence-corrected chi connectivity index (χ2v) is 11.9. The SMILES string of the molecule is Cc1cccc(C=CC(=O)N(C)[C@@H]2CC[C@@]3(O)[C@H]4Cc5cccc6c5[C@@]3(CCN4CC3CC3)[C@H]2O6)c1. The van der Waals surface area contributed by atoms with Gasteiger partial charge in [0, 0.05) is 31.3 Å². The van der Waals surface area contributed by atoms with Crippen molar-refractivity contribution in [1.82, 2.24) is 9.80 Å². The van der Waals surface area contributed by atoms with Crippen LogP contribution in [0.1, 0.15) is 54.4 Å². The number of rotatable bonds is 5. The van der Waals surface area contributed by atoms with E-state index in [1.807, 2.05) is 30.2 Å². The molecule has 3 fully saturated rings. The maximum Gasteiger partial charge on any atom is 0.246 e. The molecule has 0 unspecified atom stereocenters. The van der Waals surface area contributed by atoms with Gasteiger partial charge in [-0.2, -0.15) is 0 Å². The number of likely N-dealkylation sites (N-methyl/N-ethyl adjacent to an activating group) is 1. The number of likely N-dealkylation sites (tertiary alicyclic amines) is 1. The molecule has 5 heteroatoms. The summed E-state index contributed by atoms with van der Waals surface area (Å²) in [6, 6.07) is 14.6. The third-order valence-corrected chi connectivity index (χ3v) is 9.94. The molecule has 2 aromatic rings. The van der Waals surface area contributed by atoms with Crippen LogP contribution in [0, 0.1) is 12.8 Å². The van der Waals surface area contributed by atoms with E-state index in [2.05, 4.69) is 42.2 Å². The van der Waals surface area contributed by atoms with Crippen molar-refractivity contribution in [1.29, 1.82) is 0 Å². The lowest BCUT2D eigenvalue weighted by Crippen LogP contribution is -2.78. The first-order valence-corrected chi connectivity index (χ1v) is 13.7. The van der Waals surface area contributed by atoms with E-state index in [4.69, 9.17) is 4.74 Å². The minimum Gasteiger partial charge on any atom is -0.487 e. The zero-order valence-electron chi connectivity index (χ0n) is 21.3. The molecule has 1 spiro atoms. The third-order valence-electron chi connectivity index (χ3n) is 9.94. The van der Waals surface area contributed by atoms with Crippen LogP contribution < -0.4 is 4.74 Å². The normalized spacial score (nSPS) is 34.4. The van der Waals surface area contributed by atoms with Crippen LogP contribution in [0.2, 0.25) is 0 Å². The Kier molecular flexibility index (Phi) is 4.97. The van der Waals surface area contributed by atoms with Gasteiger partial charge in [-0.05, 0) is 81.2 Å². The number of amides is 1. The molecule has 36 heavy (non-hydrogen) atoms. The van der Waals surface area contributed by atoms with Gasteiger partial charge in [-0.1, -0.05) is 42.0 Å². The first-order valence-electron chi connectivity index (χ1n) is 13.7. The molecule has 188 valence electrons. The molecule has 2 bridgehead atoms. The highest BCUT2D eigenvalue weighted by Crippen LogP contribution is 2.64. The summed E-state index contributed by atoms with van der Waals surface area (Å²) in [5.41, 5.74) is 3.51. The molecular formula is C31H36N2O3. The van der Waals surface area contributed by atoms with E-state index < -0.39 is 11.0 Å². The van der Waals surface area contributed by atoms with Crippen molar-refractivity contribution in [3.63, 3.8) is 0 Å². The predicted octanol–water partition coefficient (Wildman–Crippen LogP) is 4.10. The number of aliphatic hydroxyl groups is 1. The molecule has 0 radical (unpaired) electrons. The molecular weight excluding hydrogens is 448 g/mol. The van der Waals surface area contributed by atoms with Crippen molar-refractivity contribution in [2.24, 2.45) is 5.92 Å². The van der Waals surface area contributed by atoms with Crippen molar-refractivity contribution < 1.29 is 14.6 Å². The summed E-state index contributed by atoms with van der Waals surface area (Å²) in [7, 11) is 1.91. The molecule has 7 rings (SSSR count). The maximum atomic E-state index is 13.4. The van der Waals surface area contributed by atoms with Gasteiger partial charge >= 0.3 is 0 Å². The molecule has 1 N–H and O–H groups in total. The van der Waals surface area contributed by atoms with E-state index in [-0.39, 0.29) is 24.1 Å². The lowest BCUT2D eigenvalue weighted by atomic mass is 9.48. The van der Waals surface area contributed by atoms with Gasteiger partial charge in [0.15, 0.2) is 0 Å². The molecule has 0 aromatic heterocycles. The van der Waals surface area contributed by atoms with Gasteiger partial charge in [0.1, 0.15) is 11.9 Å². The van der Waals surface area contributed by atoms with Gasteiger partial charge in [-0.25, -0.2) is 0 Å². The van der Waals surface area contributed by atoms with Crippen LogP contribution in [0.15, 0.2) is 48.5 Å². The van der Waals surface area contributed by atoms with Gasteiger partial charge in [0.2, 0.25) is 5.91 Å². The molecule has 2 saturated carbocycles. The fourth-order valence-corrected chi connectivity index (χ4v) is 8.04. The minimum absolute atomic E-state index is 0.0124. The average Bonchev–Trinajstić information content (AvgIpc) is 3.61. The zero-order valence-corrected chi connectivity index (χ0v) is 21.3. The van der Waals surface area contributed by atoms with E-state index in [1.54, 1.807) is 6.08 Å². The fourth-order valence-electron chi connectivity index (χ4n) is 8.04. The second kappa shape index (κ2) is 7.93. The predicted molar refractivity (Wildman–Crippen MR) is 140 cm³/mol. The molecule has 5 atom stereocenters. The average molecular weight is 485 g/mol. The number of carbonyl (C=O) groups is 1. The molecule has 5 aliphatic rings. The van der Waals surface area contributed by atoms with Crippen LogP contribution in [0.4, 0.5) is 0 Å². The third kappa shape index (κ3) is 3.12. The quantitative estimate of drug-likeness (QED) is 0.650. The summed E-state index contributed by atoms with van der Waals surface area (Å²) in [6.45, 7) is 4.16. The lowest BCUT2D eigenvalue weighted by molar-refractivity contribution is -0.200. The Morgan fingerprint density at radius 1 is 1.19 bits per heavy atom. The number of carbonyl (C=O) groups excluding carboxylic acids is 1. The number of nitrogens with zero attached hydrogens (tertiary/aromatic N) is 2. The molecule has 1 amide bonds. The van der Waals surface area contributed by atoms with Crippen LogP contribution >= 0.6 is 0 Å². The second-order valence-electron chi connectivity index (χ2n) is 11.9. The highest BCUT2D eigenvalue weighted by molar-refractivity contribution is 5.92. The van der Waals surface area contributed by atoms with E-state index in [0.29, 0.717) is 6.42 Å². The monoisotopic (exact) mass is 484 g/mol. The van der Waals surface area contributed by atoms with E-state index in [9.17, 15) is 9.90 Å². The van der Waals surface area contributed by atoms with Crippen molar-refractivity contribution in [3.05, 3.63) is 70.8 Å². The van der Waals surface area contributed by atoms with Crippen LogP contribution in [0.25, 0.3) is 6.08 Å². The molecule has 2 heterocycles. The highest BCUT2D eigenvalue weighted by atomic mass is 16.5. The van der Waals surface area contributed by atoms with Crippen LogP contribution in [0.3, 0.4) is 0 Å². The molecule has 2 aromatic carbocycles. The van der Waals surface area contributed by atoms with Crippen LogP contribution in [0.5, 0.6) is 5.75 Å². The highest BCUT2D eigenvalue weighted by Gasteiger charge is 2.73. The Morgan fingerprint density at radius 2 is 2.03 bits per heavy atom. The zero-order chi connectivity index (χ0) is 24.7. The number of hydrogen-bond donors (Lipinski definition) is 1. The van der Waals surface area contributed by atoms with Crippen molar-refractivity contribution in [3.8, 4) is 5.75 Å². The molecule has 3 aliphatic carbocycles. The van der Waals surface area contributed by atoms with Crippen molar-refractivity contribution in [2.75, 3.05) is 20.1 Å². The van der Waals surface area contributed by atoms with Gasteiger partial charge in [-0.3, -0.25) is 9.69 Å². The summed E-state index contributed by atoms with van der Waals surface area (Å²) in [4.78, 5) is 17.8. The van der Waals surface area contributed by atoms with Gasteiger partial charge < -0.3 is 14.7 Å². The number of aryl methyl sites for hydroxylation is 1. The Balaban J connectivity index is 1.23. The smallest absolute Gasteiger partial charge is 0.246 e. The van der Waals surface area contributed by atoms with Crippen molar-refractivity contribution >= 4 is 12.0 Å². The topological polar surface area (TPSA) is 53.0 Å². The lowest BCUT2D eigenvalue weighted by Gasteiger charge is -2.64. The molecule has 2 aliphatic heterocycles. The number of ether oxygens (including phenoxy) is 1. The fraction of sp³-hybridized carbons (Fsp3) is 0.516. The number of benzene rings is 2. The van der Waals surface area contributed by atoms with E-state index >= 15 is 0 Å². The maximum absolute atomic E-state index is 13.4. The summed E-state index contributed by atoms with van der Waals surface area (Å²) >= 11 is 0. The number of hydrogen-bond acceptors (Lipinski definition) is 4. The number of piperidine rings is 1. The Morgan fingerprint density at radius 3 is 2.83 bits per heavy atom. The first kappa shape index (κ1) is 22.6. The summed E-state index contributed by atoms with van der Waals surface area (Å²) in [6.07, 6.45) is 9.24. The van der Waals surface area contributed by atoms with Gasteiger partial charge in [0.05, 0.1) is 17.1 Å². The van der Waals surface area contributed by atoms with Gasteiger partial charge in [-0.15, -0.1) is 0 Å². The van der Waals surface area contributed by atoms with Crippen LogP contribution in [-0.2, 0) is 16.6 Å². The summed E-state index contributed by atoms with van der Waals surface area (Å²) in [5.74, 6) is 1.71. The Labute approximate surface area is 213 Å². The first-order chi connectivity index (χ1) is 17.4. The largest absolute Gasteiger partial charge is 0.487 e.